The van der Waals surface area contributed by atoms with Crippen LogP contribution in [-0.2, 0) is 6.54 Å². The van der Waals surface area contributed by atoms with Crippen LogP contribution < -0.4 is 5.32 Å². The number of nitrogens with one attached hydrogen (secondary N) is 1. The summed E-state index contributed by atoms with van der Waals surface area (Å²) in [4.78, 5) is 22.8. The quantitative estimate of drug-likeness (QED) is 0.571. The van der Waals surface area contributed by atoms with E-state index in [1.807, 2.05) is 37.3 Å². The Balaban J connectivity index is 1.82. The van der Waals surface area contributed by atoms with Crippen LogP contribution in [0.4, 0.5) is 11.5 Å². The highest BCUT2D eigenvalue weighted by molar-refractivity contribution is 6.04. The standard InChI is InChI=1S/C18H16N4O3/c1-13-10-17(21(20-13)12-14-6-3-2-4-7-14)19-18(23)15-8-5-9-16(11-15)22(24)25/h2-11H,12H2,1H3,(H,19,23). The van der Waals surface area contributed by atoms with Gasteiger partial charge in [-0.3, -0.25) is 14.9 Å². The molecule has 0 bridgehead atoms. The molecule has 0 aliphatic heterocycles. The maximum atomic E-state index is 12.4. The molecule has 0 radical (unpaired) electrons. The first-order valence-electron chi connectivity index (χ1n) is 7.67. The molecule has 0 spiro atoms. The Morgan fingerprint density at radius 2 is 1.92 bits per heavy atom. The lowest BCUT2D eigenvalue weighted by Crippen LogP contribution is -2.16. The minimum atomic E-state index is -0.527. The van der Waals surface area contributed by atoms with Crippen LogP contribution in [0, 0.1) is 17.0 Å². The third-order valence-corrected chi connectivity index (χ3v) is 3.64. The van der Waals surface area contributed by atoms with Crippen LogP contribution in [0.25, 0.3) is 0 Å². The summed E-state index contributed by atoms with van der Waals surface area (Å²) in [6.07, 6.45) is 0. The smallest absolute Gasteiger partial charge is 0.270 e. The van der Waals surface area contributed by atoms with Crippen LogP contribution >= 0.6 is 0 Å². The van der Waals surface area contributed by atoms with Gasteiger partial charge in [-0.25, -0.2) is 4.68 Å². The van der Waals surface area contributed by atoms with E-state index in [4.69, 9.17) is 0 Å². The minimum absolute atomic E-state index is 0.123. The first kappa shape index (κ1) is 16.4. The van der Waals surface area contributed by atoms with Crippen LogP contribution in [0.5, 0.6) is 0 Å². The topological polar surface area (TPSA) is 90.1 Å². The maximum Gasteiger partial charge on any atom is 0.270 e. The fourth-order valence-electron chi connectivity index (χ4n) is 2.47. The number of rotatable bonds is 5. The summed E-state index contributed by atoms with van der Waals surface area (Å²) < 4.78 is 1.69. The number of amides is 1. The number of carbonyl (C=O) groups is 1. The van der Waals surface area contributed by atoms with Crippen molar-refractivity contribution < 1.29 is 9.72 Å². The number of anilines is 1. The van der Waals surface area contributed by atoms with E-state index in [0.717, 1.165) is 11.3 Å². The molecule has 1 N–H and O–H groups in total. The third kappa shape index (κ3) is 3.89. The van der Waals surface area contributed by atoms with Crippen LogP contribution in [0.3, 0.4) is 0 Å². The summed E-state index contributed by atoms with van der Waals surface area (Å²) in [5.41, 5.74) is 1.92. The lowest BCUT2D eigenvalue weighted by Gasteiger charge is -2.09. The van der Waals surface area contributed by atoms with Gasteiger partial charge in [0.05, 0.1) is 17.2 Å². The molecule has 3 aromatic rings. The fraction of sp³-hybridized carbons (Fsp3) is 0.111. The zero-order valence-corrected chi connectivity index (χ0v) is 13.5. The zero-order valence-electron chi connectivity index (χ0n) is 13.5. The monoisotopic (exact) mass is 336 g/mol. The van der Waals surface area contributed by atoms with Gasteiger partial charge in [-0.15, -0.1) is 0 Å². The van der Waals surface area contributed by atoms with Gasteiger partial charge < -0.3 is 5.32 Å². The molecule has 1 amide bonds. The second-order valence-electron chi connectivity index (χ2n) is 5.58. The largest absolute Gasteiger partial charge is 0.307 e. The van der Waals surface area contributed by atoms with E-state index in [2.05, 4.69) is 10.4 Å². The van der Waals surface area contributed by atoms with Crippen LogP contribution in [-0.4, -0.2) is 20.6 Å². The number of aryl methyl sites for hydroxylation is 1. The molecule has 7 heteroatoms. The minimum Gasteiger partial charge on any atom is -0.307 e. The number of hydrogen-bond acceptors (Lipinski definition) is 4. The number of hydrogen-bond donors (Lipinski definition) is 1. The van der Waals surface area contributed by atoms with Crippen molar-refractivity contribution in [3.63, 3.8) is 0 Å². The van der Waals surface area contributed by atoms with Gasteiger partial charge in [-0.05, 0) is 18.6 Å². The highest BCUT2D eigenvalue weighted by Gasteiger charge is 2.14. The molecule has 1 aromatic heterocycles. The van der Waals surface area contributed by atoms with Gasteiger partial charge in [0.2, 0.25) is 0 Å². The van der Waals surface area contributed by atoms with Crippen molar-refractivity contribution in [2.24, 2.45) is 0 Å². The Bertz CT molecular complexity index is 919. The van der Waals surface area contributed by atoms with E-state index >= 15 is 0 Å². The zero-order chi connectivity index (χ0) is 17.8. The molecule has 7 nitrogen and oxygen atoms in total. The van der Waals surface area contributed by atoms with Gasteiger partial charge in [0.25, 0.3) is 11.6 Å². The Morgan fingerprint density at radius 1 is 1.16 bits per heavy atom. The van der Waals surface area contributed by atoms with Crippen molar-refractivity contribution in [2.45, 2.75) is 13.5 Å². The molecule has 126 valence electrons. The van der Waals surface area contributed by atoms with Crippen molar-refractivity contribution >= 4 is 17.4 Å². The number of aromatic nitrogens is 2. The Hall–Kier alpha value is -3.48. The number of non-ortho nitro benzene ring substituents is 1. The molecular weight excluding hydrogens is 320 g/mol. The number of carbonyl (C=O) groups excluding carboxylic acids is 1. The average molecular weight is 336 g/mol. The normalized spacial score (nSPS) is 10.4. The average Bonchev–Trinajstić information content (AvgIpc) is 2.94. The van der Waals surface area contributed by atoms with Crippen molar-refractivity contribution in [2.75, 3.05) is 5.32 Å². The van der Waals surface area contributed by atoms with Crippen LogP contribution in [0.15, 0.2) is 60.7 Å². The van der Waals surface area contributed by atoms with Gasteiger partial charge in [0.15, 0.2) is 0 Å². The summed E-state index contributed by atoms with van der Waals surface area (Å²) in [5.74, 6) is 0.121. The van der Waals surface area contributed by atoms with Crippen molar-refractivity contribution in [3.05, 3.63) is 87.6 Å². The van der Waals surface area contributed by atoms with E-state index in [-0.39, 0.29) is 11.3 Å². The van der Waals surface area contributed by atoms with Gasteiger partial charge in [0.1, 0.15) is 5.82 Å². The molecule has 0 aliphatic rings. The summed E-state index contributed by atoms with van der Waals surface area (Å²) in [7, 11) is 0. The van der Waals surface area contributed by atoms with Gasteiger partial charge in [-0.1, -0.05) is 36.4 Å². The maximum absolute atomic E-state index is 12.4. The van der Waals surface area contributed by atoms with Crippen molar-refractivity contribution in [1.29, 1.82) is 0 Å². The van der Waals surface area contributed by atoms with Gasteiger partial charge in [0, 0.05) is 23.8 Å². The second kappa shape index (κ2) is 6.96. The first-order valence-corrected chi connectivity index (χ1v) is 7.67. The van der Waals surface area contributed by atoms with Gasteiger partial charge in [-0.2, -0.15) is 5.10 Å². The molecule has 0 saturated heterocycles. The van der Waals surface area contributed by atoms with Gasteiger partial charge >= 0.3 is 0 Å². The predicted octanol–water partition coefficient (Wildman–Crippen LogP) is 3.40. The lowest BCUT2D eigenvalue weighted by molar-refractivity contribution is -0.384. The van der Waals surface area contributed by atoms with Crippen LogP contribution in [0.2, 0.25) is 0 Å². The van der Waals surface area contributed by atoms with Crippen molar-refractivity contribution in [1.82, 2.24) is 9.78 Å². The van der Waals surface area contributed by atoms with E-state index < -0.39 is 10.8 Å². The summed E-state index contributed by atoms with van der Waals surface area (Å²) in [6, 6.07) is 17.1. The molecule has 0 fully saturated rings. The number of nitro benzene ring substituents is 1. The molecule has 0 aliphatic carbocycles. The van der Waals surface area contributed by atoms with Crippen LogP contribution in [0.1, 0.15) is 21.6 Å². The van der Waals surface area contributed by atoms with E-state index in [1.54, 1.807) is 10.7 Å². The molecule has 0 saturated carbocycles. The lowest BCUT2D eigenvalue weighted by atomic mass is 10.2. The Morgan fingerprint density at radius 3 is 2.64 bits per heavy atom. The molecule has 25 heavy (non-hydrogen) atoms. The molecule has 2 aromatic carbocycles. The first-order chi connectivity index (χ1) is 12.0. The van der Waals surface area contributed by atoms with E-state index in [0.29, 0.717) is 12.4 Å². The molecule has 3 rings (SSSR count). The third-order valence-electron chi connectivity index (χ3n) is 3.64. The summed E-state index contributed by atoms with van der Waals surface area (Å²) in [5, 5.41) is 18.0. The number of nitrogens with zero attached hydrogens (tertiary/aromatic N) is 3. The van der Waals surface area contributed by atoms with E-state index in [9.17, 15) is 14.9 Å². The fourth-order valence-corrected chi connectivity index (χ4v) is 2.47. The molecule has 0 atom stereocenters. The van der Waals surface area contributed by atoms with Crippen molar-refractivity contribution in [3.8, 4) is 0 Å². The van der Waals surface area contributed by atoms with E-state index in [1.165, 1.54) is 24.3 Å². The number of nitro groups is 1. The Labute approximate surface area is 144 Å². The molecule has 0 unspecified atom stereocenters. The summed E-state index contributed by atoms with van der Waals surface area (Å²) >= 11 is 0. The highest BCUT2D eigenvalue weighted by Crippen LogP contribution is 2.17. The Kier molecular flexibility index (Phi) is 4.56. The predicted molar refractivity (Wildman–Crippen MR) is 93.6 cm³/mol. The number of benzene rings is 2. The summed E-state index contributed by atoms with van der Waals surface area (Å²) in [6.45, 7) is 2.35. The SMILES string of the molecule is Cc1cc(NC(=O)c2cccc([N+](=O)[O-])c2)n(Cc2ccccc2)n1. The molecule has 1 heterocycles. The second-order valence-corrected chi connectivity index (χ2v) is 5.58. The highest BCUT2D eigenvalue weighted by atomic mass is 16.6. The molecular formula is C18H16N4O3.